The van der Waals surface area contributed by atoms with Gasteiger partial charge in [0.25, 0.3) is 0 Å². The third kappa shape index (κ3) is 2.41. The minimum atomic E-state index is -3.33. The molecule has 0 heterocycles. The lowest BCUT2D eigenvalue weighted by molar-refractivity contribution is -0.137. The van der Waals surface area contributed by atoms with E-state index in [4.69, 9.17) is 5.11 Å². The van der Waals surface area contributed by atoms with Gasteiger partial charge >= 0.3 is 5.97 Å². The van der Waals surface area contributed by atoms with Crippen LogP contribution in [0.25, 0.3) is 0 Å². The fraction of sp³-hybridized carbons (Fsp3) is 0.462. The first-order chi connectivity index (χ1) is 8.24. The van der Waals surface area contributed by atoms with Gasteiger partial charge in [0.05, 0.1) is 11.3 Å². The van der Waals surface area contributed by atoms with Crippen LogP contribution in [0.2, 0.25) is 0 Å². The number of hydrogen-bond donors (Lipinski definition) is 1. The van der Waals surface area contributed by atoms with Gasteiger partial charge in [-0.3, -0.25) is 4.79 Å². The third-order valence-corrected chi connectivity index (χ3v) is 4.59. The van der Waals surface area contributed by atoms with E-state index in [-0.39, 0.29) is 11.3 Å². The van der Waals surface area contributed by atoms with E-state index in [0.717, 1.165) is 18.4 Å². The van der Waals surface area contributed by atoms with Gasteiger partial charge in [0.15, 0.2) is 9.84 Å². The summed E-state index contributed by atoms with van der Waals surface area (Å²) in [5.74, 6) is -0.882. The molecule has 1 aliphatic carbocycles. The summed E-state index contributed by atoms with van der Waals surface area (Å²) in [4.78, 5) is 11.2. The van der Waals surface area contributed by atoms with Crippen molar-refractivity contribution < 1.29 is 18.3 Å². The molecule has 0 aromatic heterocycles. The number of carboxylic acids is 1. The SMILES string of the molecule is Cc1ccc(C2(CC(=O)O)CC2)c(S(C)(=O)=O)c1. The van der Waals surface area contributed by atoms with Crippen molar-refractivity contribution in [2.75, 3.05) is 6.26 Å². The molecule has 98 valence electrons. The number of hydrogen-bond acceptors (Lipinski definition) is 3. The van der Waals surface area contributed by atoms with Crippen LogP contribution in [0, 0.1) is 6.92 Å². The van der Waals surface area contributed by atoms with Crippen molar-refractivity contribution in [1.29, 1.82) is 0 Å². The van der Waals surface area contributed by atoms with Gasteiger partial charge in [-0.05, 0) is 37.0 Å². The van der Waals surface area contributed by atoms with Crippen LogP contribution in [0.4, 0.5) is 0 Å². The van der Waals surface area contributed by atoms with Crippen molar-refractivity contribution in [3.05, 3.63) is 29.3 Å². The van der Waals surface area contributed by atoms with Crippen molar-refractivity contribution in [1.82, 2.24) is 0 Å². The molecule has 1 saturated carbocycles. The molecule has 1 aromatic carbocycles. The predicted octanol–water partition coefficient (Wildman–Crippen LogP) is 1.90. The molecule has 0 atom stereocenters. The van der Waals surface area contributed by atoms with Crippen LogP contribution in [0.1, 0.15) is 30.4 Å². The molecule has 1 aliphatic rings. The summed E-state index contributed by atoms with van der Waals surface area (Å²) in [5.41, 5.74) is 1.06. The van der Waals surface area contributed by atoms with E-state index in [0.29, 0.717) is 5.56 Å². The largest absolute Gasteiger partial charge is 0.481 e. The molecule has 0 spiro atoms. The molecule has 1 fully saturated rings. The van der Waals surface area contributed by atoms with Crippen LogP contribution in [0.15, 0.2) is 23.1 Å². The quantitative estimate of drug-likeness (QED) is 0.905. The second kappa shape index (κ2) is 4.09. The van der Waals surface area contributed by atoms with E-state index in [1.54, 1.807) is 12.1 Å². The van der Waals surface area contributed by atoms with Crippen LogP contribution in [-0.4, -0.2) is 25.7 Å². The maximum atomic E-state index is 11.8. The van der Waals surface area contributed by atoms with Gasteiger partial charge in [-0.15, -0.1) is 0 Å². The second-order valence-electron chi connectivity index (χ2n) is 5.12. The average molecular weight is 268 g/mol. The molecule has 0 bridgehead atoms. The molecule has 4 nitrogen and oxygen atoms in total. The lowest BCUT2D eigenvalue weighted by Gasteiger charge is -2.17. The molecule has 1 aromatic rings. The molecule has 18 heavy (non-hydrogen) atoms. The molecule has 0 radical (unpaired) electrons. The van der Waals surface area contributed by atoms with Crippen LogP contribution >= 0.6 is 0 Å². The van der Waals surface area contributed by atoms with Gasteiger partial charge in [-0.25, -0.2) is 8.42 Å². The summed E-state index contributed by atoms with van der Waals surface area (Å²) in [6, 6.07) is 5.24. The number of carbonyl (C=O) groups is 1. The highest BCUT2D eigenvalue weighted by molar-refractivity contribution is 7.90. The first-order valence-corrected chi connectivity index (χ1v) is 7.67. The number of rotatable bonds is 4. The first-order valence-electron chi connectivity index (χ1n) is 5.78. The Bertz CT molecular complexity index is 597. The van der Waals surface area contributed by atoms with Gasteiger partial charge in [0, 0.05) is 11.7 Å². The van der Waals surface area contributed by atoms with Crippen LogP contribution < -0.4 is 0 Å². The van der Waals surface area contributed by atoms with Crippen LogP contribution in [0.5, 0.6) is 0 Å². The van der Waals surface area contributed by atoms with E-state index in [1.807, 2.05) is 13.0 Å². The summed E-state index contributed by atoms with van der Waals surface area (Å²) in [7, 11) is -3.33. The van der Waals surface area contributed by atoms with Crippen molar-refractivity contribution in [3.8, 4) is 0 Å². The predicted molar refractivity (Wildman–Crippen MR) is 67.5 cm³/mol. The average Bonchev–Trinajstić information content (AvgIpc) is 2.96. The van der Waals surface area contributed by atoms with Gasteiger partial charge < -0.3 is 5.11 Å². The zero-order valence-electron chi connectivity index (χ0n) is 10.4. The Labute approximate surface area is 107 Å². The maximum Gasteiger partial charge on any atom is 0.304 e. The molecule has 5 heteroatoms. The topological polar surface area (TPSA) is 71.4 Å². The normalized spacial score (nSPS) is 17.4. The highest BCUT2D eigenvalue weighted by Gasteiger charge is 2.48. The molecular formula is C13H16O4S. The Morgan fingerprint density at radius 2 is 2.00 bits per heavy atom. The van der Waals surface area contributed by atoms with Gasteiger partial charge in [0.1, 0.15) is 0 Å². The molecule has 0 amide bonds. The summed E-state index contributed by atoms with van der Waals surface area (Å²) >= 11 is 0. The molecule has 0 saturated heterocycles. The summed E-state index contributed by atoms with van der Waals surface area (Å²) in [6.07, 6.45) is 2.65. The third-order valence-electron chi connectivity index (χ3n) is 3.45. The highest BCUT2D eigenvalue weighted by Crippen LogP contribution is 2.52. The van der Waals surface area contributed by atoms with Gasteiger partial charge in [0.2, 0.25) is 0 Å². The number of sulfone groups is 1. The summed E-state index contributed by atoms with van der Waals surface area (Å²) in [6.45, 7) is 1.83. The Morgan fingerprint density at radius 1 is 1.39 bits per heavy atom. The molecule has 2 rings (SSSR count). The number of aliphatic carboxylic acids is 1. The van der Waals surface area contributed by atoms with Crippen molar-refractivity contribution in [2.45, 2.75) is 36.5 Å². The Morgan fingerprint density at radius 3 is 2.44 bits per heavy atom. The number of benzene rings is 1. The zero-order chi connectivity index (χ0) is 13.6. The Balaban J connectivity index is 2.55. The molecule has 0 unspecified atom stereocenters. The standard InChI is InChI=1S/C13H16O4S/c1-9-3-4-10(11(7-9)18(2,16)17)13(5-6-13)8-12(14)15/h3-4,7H,5-6,8H2,1-2H3,(H,14,15). The van der Waals surface area contributed by atoms with Crippen molar-refractivity contribution >= 4 is 15.8 Å². The fourth-order valence-corrected chi connectivity index (χ4v) is 3.44. The van der Waals surface area contributed by atoms with Crippen molar-refractivity contribution in [2.24, 2.45) is 0 Å². The van der Waals surface area contributed by atoms with E-state index in [9.17, 15) is 13.2 Å². The summed E-state index contributed by atoms with van der Waals surface area (Å²) < 4.78 is 23.6. The minimum absolute atomic E-state index is 0.00141. The maximum absolute atomic E-state index is 11.8. The number of carboxylic acid groups (broad SMARTS) is 1. The van der Waals surface area contributed by atoms with Crippen LogP contribution in [-0.2, 0) is 20.0 Å². The lowest BCUT2D eigenvalue weighted by Crippen LogP contribution is -2.17. The van der Waals surface area contributed by atoms with E-state index in [2.05, 4.69) is 0 Å². The van der Waals surface area contributed by atoms with Gasteiger partial charge in [-0.2, -0.15) is 0 Å². The van der Waals surface area contributed by atoms with E-state index in [1.165, 1.54) is 6.26 Å². The van der Waals surface area contributed by atoms with Gasteiger partial charge in [-0.1, -0.05) is 12.1 Å². The zero-order valence-corrected chi connectivity index (χ0v) is 11.3. The lowest BCUT2D eigenvalue weighted by atomic mass is 9.92. The Hall–Kier alpha value is -1.36. The number of aryl methyl sites for hydroxylation is 1. The van der Waals surface area contributed by atoms with Crippen LogP contribution in [0.3, 0.4) is 0 Å². The highest BCUT2D eigenvalue weighted by atomic mass is 32.2. The molecule has 1 N–H and O–H groups in total. The first kappa shape index (κ1) is 13.1. The minimum Gasteiger partial charge on any atom is -0.481 e. The Kier molecular flexibility index (Phi) is 2.97. The molecule has 0 aliphatic heterocycles. The summed E-state index contributed by atoms with van der Waals surface area (Å²) in [5, 5.41) is 8.95. The monoisotopic (exact) mass is 268 g/mol. The van der Waals surface area contributed by atoms with E-state index < -0.39 is 21.2 Å². The molecular weight excluding hydrogens is 252 g/mol. The fourth-order valence-electron chi connectivity index (χ4n) is 2.36. The second-order valence-corrected chi connectivity index (χ2v) is 7.11. The smallest absolute Gasteiger partial charge is 0.304 e. The van der Waals surface area contributed by atoms with Crippen molar-refractivity contribution in [3.63, 3.8) is 0 Å². The van der Waals surface area contributed by atoms with E-state index >= 15 is 0 Å².